The van der Waals surface area contributed by atoms with Gasteiger partial charge in [-0.05, 0) is 56.2 Å². The lowest BCUT2D eigenvalue weighted by molar-refractivity contribution is -0.119. The van der Waals surface area contributed by atoms with Gasteiger partial charge in [0.2, 0.25) is 5.91 Å². The number of H-pyrrole nitrogens is 1. The van der Waals surface area contributed by atoms with Crippen LogP contribution in [-0.2, 0) is 9.53 Å². The van der Waals surface area contributed by atoms with Crippen LogP contribution in [0, 0.1) is 0 Å². The topological polar surface area (TPSA) is 75.3 Å². The first-order chi connectivity index (χ1) is 13.1. The lowest BCUT2D eigenvalue weighted by Crippen LogP contribution is -2.35. The Morgan fingerprint density at radius 3 is 2.67 bits per heavy atom. The Balaban J connectivity index is 1.45. The maximum Gasteiger partial charge on any atom is 0.338 e. The van der Waals surface area contributed by atoms with Crippen LogP contribution >= 0.6 is 0 Å². The molecule has 6 nitrogen and oxygen atoms in total. The number of anilines is 1. The van der Waals surface area contributed by atoms with Crippen molar-refractivity contribution >= 4 is 28.6 Å². The number of carbonyl (C=O) groups excluding carboxylic acids is 2. The van der Waals surface area contributed by atoms with E-state index in [1.54, 1.807) is 36.1 Å². The van der Waals surface area contributed by atoms with Crippen molar-refractivity contribution in [3.05, 3.63) is 59.9 Å². The normalized spacial score (nSPS) is 15.7. The van der Waals surface area contributed by atoms with Crippen molar-refractivity contribution in [3.63, 3.8) is 0 Å². The first-order valence-electron chi connectivity index (χ1n) is 9.18. The van der Waals surface area contributed by atoms with Gasteiger partial charge in [-0.2, -0.15) is 0 Å². The molecular formula is C21H21N3O3. The Kier molecular flexibility index (Phi) is 4.62. The van der Waals surface area contributed by atoms with E-state index in [1.165, 1.54) is 0 Å². The number of esters is 1. The Labute approximate surface area is 157 Å². The number of carbonyl (C=O) groups is 2. The molecular weight excluding hydrogens is 342 g/mol. The number of fused-ring (bicyclic) bond motifs is 1. The summed E-state index contributed by atoms with van der Waals surface area (Å²) in [5.74, 6) is 0.328. The van der Waals surface area contributed by atoms with Crippen molar-refractivity contribution in [3.8, 4) is 0 Å². The van der Waals surface area contributed by atoms with Gasteiger partial charge in [0.25, 0.3) is 0 Å². The second-order valence-corrected chi connectivity index (χ2v) is 6.74. The number of para-hydroxylation sites is 2. The van der Waals surface area contributed by atoms with E-state index >= 15 is 0 Å². The van der Waals surface area contributed by atoms with Gasteiger partial charge in [0.15, 0.2) is 6.10 Å². The number of aromatic amines is 1. The highest BCUT2D eigenvalue weighted by molar-refractivity contribution is 5.95. The number of rotatable bonds is 4. The number of hydrogen-bond acceptors (Lipinski definition) is 4. The van der Waals surface area contributed by atoms with E-state index in [9.17, 15) is 9.59 Å². The second-order valence-electron chi connectivity index (χ2n) is 6.74. The van der Waals surface area contributed by atoms with Gasteiger partial charge in [0.05, 0.1) is 16.6 Å². The summed E-state index contributed by atoms with van der Waals surface area (Å²) in [7, 11) is 0. The van der Waals surface area contributed by atoms with Crippen LogP contribution in [0.4, 0.5) is 5.69 Å². The van der Waals surface area contributed by atoms with E-state index in [1.807, 2.05) is 24.3 Å². The quantitative estimate of drug-likeness (QED) is 0.711. The van der Waals surface area contributed by atoms with Crippen LogP contribution in [0.2, 0.25) is 0 Å². The van der Waals surface area contributed by atoms with E-state index in [2.05, 4.69) is 9.97 Å². The largest absolute Gasteiger partial charge is 0.451 e. The molecule has 1 fully saturated rings. The molecule has 1 unspecified atom stereocenters. The lowest BCUT2D eigenvalue weighted by Gasteiger charge is -2.26. The van der Waals surface area contributed by atoms with Crippen LogP contribution in [-0.4, -0.2) is 28.4 Å². The number of nitrogens with zero attached hydrogens (tertiary/aromatic N) is 2. The minimum atomic E-state index is -0.492. The molecule has 3 aromatic rings. The highest BCUT2D eigenvalue weighted by Crippen LogP contribution is 2.23. The first-order valence-corrected chi connectivity index (χ1v) is 9.18. The van der Waals surface area contributed by atoms with Crippen molar-refractivity contribution in [2.45, 2.75) is 32.3 Å². The minimum absolute atomic E-state index is 0.134. The van der Waals surface area contributed by atoms with E-state index < -0.39 is 12.1 Å². The number of nitrogens with one attached hydrogen (secondary N) is 1. The molecule has 0 bridgehead atoms. The van der Waals surface area contributed by atoms with Crippen molar-refractivity contribution < 1.29 is 14.3 Å². The zero-order valence-corrected chi connectivity index (χ0v) is 15.1. The summed E-state index contributed by atoms with van der Waals surface area (Å²) in [6.07, 6.45) is 2.04. The molecule has 1 N–H and O–H groups in total. The first kappa shape index (κ1) is 17.3. The molecule has 138 valence electrons. The van der Waals surface area contributed by atoms with Crippen LogP contribution in [0.15, 0.2) is 48.5 Å². The molecule has 0 saturated carbocycles. The number of aromatic nitrogens is 2. The molecule has 0 spiro atoms. The molecule has 0 radical (unpaired) electrons. The highest BCUT2D eigenvalue weighted by Gasteiger charge is 2.21. The fourth-order valence-electron chi connectivity index (χ4n) is 3.31. The van der Waals surface area contributed by atoms with Crippen LogP contribution < -0.4 is 4.90 Å². The fraction of sp³-hybridized carbons (Fsp3) is 0.286. The summed E-state index contributed by atoms with van der Waals surface area (Å²) in [6, 6.07) is 14.7. The van der Waals surface area contributed by atoms with E-state index in [0.717, 1.165) is 36.1 Å². The number of piperidine rings is 1. The molecule has 1 saturated heterocycles. The number of hydrogen-bond donors (Lipinski definition) is 1. The summed E-state index contributed by atoms with van der Waals surface area (Å²) in [6.45, 7) is 2.52. The molecule has 1 aliphatic rings. The molecule has 1 aliphatic heterocycles. The van der Waals surface area contributed by atoms with Crippen LogP contribution in [0.25, 0.3) is 11.0 Å². The SMILES string of the molecule is CC(OC(=O)c1ccc(N2CCCCC2=O)cc1)c1nc2ccccc2[nH]1. The summed E-state index contributed by atoms with van der Waals surface area (Å²) in [5.41, 5.74) is 3.02. The minimum Gasteiger partial charge on any atom is -0.451 e. The molecule has 1 aromatic heterocycles. The van der Waals surface area contributed by atoms with E-state index in [-0.39, 0.29) is 5.91 Å². The van der Waals surface area contributed by atoms with Gasteiger partial charge in [0, 0.05) is 18.7 Å². The predicted molar refractivity (Wildman–Crippen MR) is 103 cm³/mol. The monoisotopic (exact) mass is 363 g/mol. The molecule has 2 heterocycles. The summed E-state index contributed by atoms with van der Waals surface area (Å²) in [5, 5.41) is 0. The van der Waals surface area contributed by atoms with Crippen LogP contribution in [0.1, 0.15) is 48.5 Å². The molecule has 4 rings (SSSR count). The summed E-state index contributed by atoms with van der Waals surface area (Å²) >= 11 is 0. The molecule has 1 amide bonds. The third-order valence-electron chi connectivity index (χ3n) is 4.81. The van der Waals surface area contributed by atoms with Crippen molar-refractivity contribution in [1.29, 1.82) is 0 Å². The third kappa shape index (κ3) is 3.56. The number of amides is 1. The van der Waals surface area contributed by atoms with Gasteiger partial charge >= 0.3 is 5.97 Å². The van der Waals surface area contributed by atoms with Crippen LogP contribution in [0.3, 0.4) is 0 Å². The maximum absolute atomic E-state index is 12.5. The van der Waals surface area contributed by atoms with Gasteiger partial charge in [-0.25, -0.2) is 9.78 Å². The average molecular weight is 363 g/mol. The number of ether oxygens (including phenoxy) is 1. The number of imidazole rings is 1. The third-order valence-corrected chi connectivity index (χ3v) is 4.81. The predicted octanol–water partition coefficient (Wildman–Crippen LogP) is 4.00. The van der Waals surface area contributed by atoms with Crippen molar-refractivity contribution in [1.82, 2.24) is 9.97 Å². The molecule has 0 aliphatic carbocycles. The maximum atomic E-state index is 12.5. The van der Waals surface area contributed by atoms with Gasteiger partial charge in [-0.1, -0.05) is 12.1 Å². The highest BCUT2D eigenvalue weighted by atomic mass is 16.5. The summed E-state index contributed by atoms with van der Waals surface area (Å²) in [4.78, 5) is 33.9. The second kappa shape index (κ2) is 7.23. The van der Waals surface area contributed by atoms with Crippen LogP contribution in [0.5, 0.6) is 0 Å². The smallest absolute Gasteiger partial charge is 0.338 e. The Morgan fingerprint density at radius 2 is 1.93 bits per heavy atom. The van der Waals surface area contributed by atoms with Gasteiger partial charge < -0.3 is 14.6 Å². The van der Waals surface area contributed by atoms with Crippen molar-refractivity contribution in [2.75, 3.05) is 11.4 Å². The molecule has 27 heavy (non-hydrogen) atoms. The Morgan fingerprint density at radius 1 is 1.15 bits per heavy atom. The zero-order chi connectivity index (χ0) is 18.8. The molecule has 2 aromatic carbocycles. The lowest BCUT2D eigenvalue weighted by atomic mass is 10.1. The number of benzene rings is 2. The molecule has 6 heteroatoms. The van der Waals surface area contributed by atoms with Gasteiger partial charge in [0.1, 0.15) is 5.82 Å². The van der Waals surface area contributed by atoms with Gasteiger partial charge in [-0.3, -0.25) is 4.79 Å². The van der Waals surface area contributed by atoms with Crippen molar-refractivity contribution in [2.24, 2.45) is 0 Å². The fourth-order valence-corrected chi connectivity index (χ4v) is 3.31. The standard InChI is InChI=1S/C21H21N3O3/c1-14(20-22-17-6-2-3-7-18(17)23-20)27-21(26)15-9-11-16(12-10-15)24-13-5-4-8-19(24)25/h2-3,6-7,9-12,14H,4-5,8,13H2,1H3,(H,22,23). The molecule has 1 atom stereocenters. The Hall–Kier alpha value is -3.15. The van der Waals surface area contributed by atoms with E-state index in [0.29, 0.717) is 17.8 Å². The van der Waals surface area contributed by atoms with Gasteiger partial charge in [-0.15, -0.1) is 0 Å². The zero-order valence-electron chi connectivity index (χ0n) is 15.1. The Bertz CT molecular complexity index is 945. The average Bonchev–Trinajstić information content (AvgIpc) is 3.13. The van der Waals surface area contributed by atoms with E-state index in [4.69, 9.17) is 4.74 Å². The summed E-state index contributed by atoms with van der Waals surface area (Å²) < 4.78 is 5.55.